The molecular formula is C12H12N4. The van der Waals surface area contributed by atoms with Crippen LogP contribution in [-0.2, 0) is 0 Å². The van der Waals surface area contributed by atoms with E-state index in [1.807, 2.05) is 36.7 Å². The van der Waals surface area contributed by atoms with Crippen LogP contribution in [0.3, 0.4) is 0 Å². The van der Waals surface area contributed by atoms with Crippen LogP contribution >= 0.6 is 0 Å². The van der Waals surface area contributed by atoms with Gasteiger partial charge in [0, 0.05) is 31.3 Å². The molecule has 0 aromatic carbocycles. The fourth-order valence-corrected chi connectivity index (χ4v) is 1.28. The summed E-state index contributed by atoms with van der Waals surface area (Å²) in [6.07, 6.45) is 16.8. The minimum atomic E-state index is 0.944. The SMILES string of the molecule is C1=CC2=NC=CCN2C=C1.c1cncnc1. The first-order valence-corrected chi connectivity index (χ1v) is 5.01. The molecule has 2 aliphatic heterocycles. The number of aliphatic imine (C=N–C) groups is 1. The quantitative estimate of drug-likeness (QED) is 0.658. The van der Waals surface area contributed by atoms with Crippen molar-refractivity contribution in [2.45, 2.75) is 0 Å². The maximum atomic E-state index is 4.18. The zero-order chi connectivity index (χ0) is 11.1. The monoisotopic (exact) mass is 212 g/mol. The van der Waals surface area contributed by atoms with Gasteiger partial charge in [-0.15, -0.1) is 0 Å². The zero-order valence-electron chi connectivity index (χ0n) is 8.77. The molecule has 0 amide bonds. The summed E-state index contributed by atoms with van der Waals surface area (Å²) < 4.78 is 0. The molecule has 4 heteroatoms. The highest BCUT2D eigenvalue weighted by Gasteiger charge is 2.07. The smallest absolute Gasteiger partial charge is 0.132 e. The van der Waals surface area contributed by atoms with E-state index in [0.717, 1.165) is 12.4 Å². The molecule has 1 aromatic heterocycles. The van der Waals surface area contributed by atoms with Gasteiger partial charge < -0.3 is 4.90 Å². The Bertz CT molecular complexity index is 405. The van der Waals surface area contributed by atoms with Gasteiger partial charge in [0.1, 0.15) is 12.2 Å². The second-order valence-electron chi connectivity index (χ2n) is 3.13. The Morgan fingerprint density at radius 1 is 1.12 bits per heavy atom. The molecule has 1 aromatic rings. The number of hydrogen-bond acceptors (Lipinski definition) is 4. The molecule has 3 rings (SSSR count). The fourth-order valence-electron chi connectivity index (χ4n) is 1.28. The van der Waals surface area contributed by atoms with Gasteiger partial charge in [0.25, 0.3) is 0 Å². The van der Waals surface area contributed by atoms with E-state index in [9.17, 15) is 0 Å². The topological polar surface area (TPSA) is 41.4 Å². The van der Waals surface area contributed by atoms with Crippen molar-refractivity contribution in [1.82, 2.24) is 14.9 Å². The normalized spacial score (nSPS) is 16.0. The Morgan fingerprint density at radius 3 is 2.62 bits per heavy atom. The van der Waals surface area contributed by atoms with Gasteiger partial charge in [0.05, 0.1) is 0 Å². The van der Waals surface area contributed by atoms with Crippen molar-refractivity contribution in [3.05, 3.63) is 61.5 Å². The molecule has 0 atom stereocenters. The Balaban J connectivity index is 0.000000138. The van der Waals surface area contributed by atoms with E-state index in [-0.39, 0.29) is 0 Å². The highest BCUT2D eigenvalue weighted by molar-refractivity contribution is 5.95. The van der Waals surface area contributed by atoms with E-state index in [2.05, 4.69) is 19.9 Å². The maximum Gasteiger partial charge on any atom is 0.132 e. The van der Waals surface area contributed by atoms with Crippen molar-refractivity contribution < 1.29 is 0 Å². The number of nitrogens with zero attached hydrogens (tertiary/aromatic N) is 4. The Kier molecular flexibility index (Phi) is 3.60. The second-order valence-corrected chi connectivity index (χ2v) is 3.13. The Morgan fingerprint density at radius 2 is 2.00 bits per heavy atom. The standard InChI is InChI=1S/C8H8N2.C4H4N2/c1-2-6-10-7-3-5-9-8(10)4-1;1-2-5-4-6-3-1/h1-6H,7H2;1-4H. The van der Waals surface area contributed by atoms with Gasteiger partial charge in [-0.2, -0.15) is 0 Å². The van der Waals surface area contributed by atoms with Gasteiger partial charge in [-0.3, -0.25) is 0 Å². The molecule has 0 saturated carbocycles. The number of aromatic nitrogens is 2. The number of hydrogen-bond donors (Lipinski definition) is 0. The van der Waals surface area contributed by atoms with Gasteiger partial charge in [-0.05, 0) is 24.3 Å². The summed E-state index contributed by atoms with van der Waals surface area (Å²) in [6, 6.07) is 1.78. The number of allylic oxidation sites excluding steroid dienone is 2. The molecule has 0 spiro atoms. The fraction of sp³-hybridized carbons (Fsp3) is 0.0833. The zero-order valence-corrected chi connectivity index (χ0v) is 8.77. The molecule has 0 N–H and O–H groups in total. The van der Waals surface area contributed by atoms with Crippen LogP contribution in [0, 0.1) is 0 Å². The first kappa shape index (κ1) is 10.3. The summed E-state index contributed by atoms with van der Waals surface area (Å²) in [5.41, 5.74) is 0. The second kappa shape index (κ2) is 5.60. The third kappa shape index (κ3) is 2.88. The van der Waals surface area contributed by atoms with Crippen LogP contribution in [0.5, 0.6) is 0 Å². The summed E-state index contributed by atoms with van der Waals surface area (Å²) in [7, 11) is 0. The number of amidine groups is 1. The van der Waals surface area contributed by atoms with E-state index in [4.69, 9.17) is 0 Å². The highest BCUT2D eigenvalue weighted by Crippen LogP contribution is 2.06. The molecule has 3 heterocycles. The van der Waals surface area contributed by atoms with Crippen molar-refractivity contribution in [1.29, 1.82) is 0 Å². The predicted octanol–water partition coefficient (Wildman–Crippen LogP) is 1.77. The van der Waals surface area contributed by atoms with Crippen LogP contribution in [0.25, 0.3) is 0 Å². The van der Waals surface area contributed by atoms with Gasteiger partial charge in [0.15, 0.2) is 0 Å². The third-order valence-electron chi connectivity index (χ3n) is 2.01. The lowest BCUT2D eigenvalue weighted by Gasteiger charge is -2.22. The molecule has 0 fully saturated rings. The molecule has 4 nitrogen and oxygen atoms in total. The van der Waals surface area contributed by atoms with E-state index in [0.29, 0.717) is 0 Å². The number of rotatable bonds is 0. The van der Waals surface area contributed by atoms with Gasteiger partial charge >= 0.3 is 0 Å². The summed E-state index contributed by atoms with van der Waals surface area (Å²) in [4.78, 5) is 13.6. The van der Waals surface area contributed by atoms with Crippen LogP contribution < -0.4 is 0 Å². The summed E-state index contributed by atoms with van der Waals surface area (Å²) >= 11 is 0. The average molecular weight is 212 g/mol. The summed E-state index contributed by atoms with van der Waals surface area (Å²) in [5, 5.41) is 0. The van der Waals surface area contributed by atoms with Gasteiger partial charge in [0.2, 0.25) is 0 Å². The third-order valence-corrected chi connectivity index (χ3v) is 2.01. The molecule has 2 aliphatic rings. The van der Waals surface area contributed by atoms with Crippen molar-refractivity contribution >= 4 is 5.84 Å². The van der Waals surface area contributed by atoms with Gasteiger partial charge in [-0.25, -0.2) is 15.0 Å². The molecule has 80 valence electrons. The Hall–Kier alpha value is -2.23. The lowest BCUT2D eigenvalue weighted by Crippen LogP contribution is -2.27. The first-order chi connectivity index (χ1) is 7.97. The summed E-state index contributed by atoms with van der Waals surface area (Å²) in [6.45, 7) is 0.944. The van der Waals surface area contributed by atoms with Crippen molar-refractivity contribution in [3.63, 3.8) is 0 Å². The van der Waals surface area contributed by atoms with Crippen LogP contribution in [0.2, 0.25) is 0 Å². The molecule has 0 aliphatic carbocycles. The van der Waals surface area contributed by atoms with Crippen LogP contribution in [-0.4, -0.2) is 27.2 Å². The predicted molar refractivity (Wildman–Crippen MR) is 63.6 cm³/mol. The maximum absolute atomic E-state index is 4.18. The van der Waals surface area contributed by atoms with E-state index < -0.39 is 0 Å². The van der Waals surface area contributed by atoms with E-state index in [1.54, 1.807) is 18.5 Å². The Labute approximate surface area is 94.4 Å². The minimum Gasteiger partial charge on any atom is -0.329 e. The number of fused-ring (bicyclic) bond motifs is 1. The minimum absolute atomic E-state index is 0.944. The lowest BCUT2D eigenvalue weighted by molar-refractivity contribution is 0.614. The molecule has 16 heavy (non-hydrogen) atoms. The van der Waals surface area contributed by atoms with E-state index in [1.165, 1.54) is 6.33 Å². The summed E-state index contributed by atoms with van der Waals surface area (Å²) in [5.74, 6) is 1.03. The van der Waals surface area contributed by atoms with Crippen LogP contribution in [0.15, 0.2) is 66.5 Å². The van der Waals surface area contributed by atoms with Gasteiger partial charge in [-0.1, -0.05) is 6.08 Å². The molecule has 0 unspecified atom stereocenters. The molecule has 0 bridgehead atoms. The van der Waals surface area contributed by atoms with Crippen molar-refractivity contribution in [2.24, 2.45) is 4.99 Å². The van der Waals surface area contributed by atoms with Crippen molar-refractivity contribution in [2.75, 3.05) is 6.54 Å². The molecular weight excluding hydrogens is 200 g/mol. The largest absolute Gasteiger partial charge is 0.329 e. The molecule has 0 saturated heterocycles. The average Bonchev–Trinajstić information content (AvgIpc) is 2.42. The van der Waals surface area contributed by atoms with E-state index >= 15 is 0 Å². The van der Waals surface area contributed by atoms with Crippen LogP contribution in [0.1, 0.15) is 0 Å². The lowest BCUT2D eigenvalue weighted by atomic mass is 10.3. The van der Waals surface area contributed by atoms with Crippen LogP contribution in [0.4, 0.5) is 0 Å². The highest BCUT2D eigenvalue weighted by atomic mass is 15.2. The van der Waals surface area contributed by atoms with Crippen molar-refractivity contribution in [3.8, 4) is 0 Å². The molecule has 0 radical (unpaired) electrons. The first-order valence-electron chi connectivity index (χ1n) is 5.01.